The van der Waals surface area contributed by atoms with Gasteiger partial charge in [0.2, 0.25) is 0 Å². The molecule has 0 heterocycles. The average molecular weight is 731 g/mol. The Kier molecular flexibility index (Phi) is 31.4. The SMILES string of the molecule is CCCCC/C=C\C/C=C\CC(O)/C=C\C=C\CCCC(=O)OC[C@H](COP(=O)(O)OC[C@@H](O)CO)OC(=O)CCCCCCCCC(C)C. The van der Waals surface area contributed by atoms with E-state index >= 15 is 0 Å². The van der Waals surface area contributed by atoms with Gasteiger partial charge in [0, 0.05) is 12.8 Å². The molecule has 0 rings (SSSR count). The number of carbonyl (C=O) groups is 2. The minimum Gasteiger partial charge on any atom is -0.462 e. The summed E-state index contributed by atoms with van der Waals surface area (Å²) in [7, 11) is -4.64. The number of ether oxygens (including phenoxy) is 2. The van der Waals surface area contributed by atoms with Crippen LogP contribution < -0.4 is 0 Å². The van der Waals surface area contributed by atoms with Gasteiger partial charge < -0.3 is 29.7 Å². The second kappa shape index (κ2) is 32.8. The van der Waals surface area contributed by atoms with Crippen LogP contribution in [0.4, 0.5) is 0 Å². The number of phosphoric acid groups is 1. The zero-order chi connectivity index (χ0) is 37.3. The van der Waals surface area contributed by atoms with E-state index in [2.05, 4.69) is 37.4 Å². The molecule has 4 N–H and O–H groups in total. The molecule has 0 aromatic rings. The number of hydrogen-bond donors (Lipinski definition) is 4. The van der Waals surface area contributed by atoms with Crippen molar-refractivity contribution in [2.75, 3.05) is 26.4 Å². The molecule has 0 spiro atoms. The predicted octanol–water partition coefficient (Wildman–Crippen LogP) is 7.82. The molecule has 12 heteroatoms. The molecule has 2 unspecified atom stereocenters. The lowest BCUT2D eigenvalue weighted by Crippen LogP contribution is -2.29. The molecule has 0 aromatic carbocycles. The lowest BCUT2D eigenvalue weighted by molar-refractivity contribution is -0.161. The van der Waals surface area contributed by atoms with Gasteiger partial charge in [0.15, 0.2) is 6.10 Å². The first-order valence-electron chi connectivity index (χ1n) is 18.6. The molecule has 0 bridgehead atoms. The minimum absolute atomic E-state index is 0.105. The highest BCUT2D eigenvalue weighted by Gasteiger charge is 2.27. The molecule has 0 aromatic heterocycles. The van der Waals surface area contributed by atoms with Crippen LogP contribution in [-0.2, 0) is 32.7 Å². The minimum atomic E-state index is -4.64. The molecule has 0 aliphatic heterocycles. The molecule has 0 radical (unpaired) electrons. The Morgan fingerprint density at radius 3 is 2.12 bits per heavy atom. The summed E-state index contributed by atoms with van der Waals surface area (Å²) in [4.78, 5) is 34.7. The molecule has 0 fully saturated rings. The molecule has 4 atom stereocenters. The Morgan fingerprint density at radius 1 is 0.740 bits per heavy atom. The van der Waals surface area contributed by atoms with E-state index in [1.54, 1.807) is 12.2 Å². The fraction of sp³-hybridized carbons (Fsp3) is 0.737. The van der Waals surface area contributed by atoms with E-state index in [0.717, 1.165) is 32.1 Å². The van der Waals surface area contributed by atoms with Gasteiger partial charge in [-0.15, -0.1) is 0 Å². The van der Waals surface area contributed by atoms with Crippen LogP contribution in [-0.4, -0.2) is 76.9 Å². The van der Waals surface area contributed by atoms with E-state index in [4.69, 9.17) is 19.1 Å². The van der Waals surface area contributed by atoms with Crippen molar-refractivity contribution in [3.05, 3.63) is 48.6 Å². The highest BCUT2D eigenvalue weighted by atomic mass is 31.2. The number of allylic oxidation sites excluding steroid dienone is 6. The van der Waals surface area contributed by atoms with Crippen molar-refractivity contribution in [1.82, 2.24) is 0 Å². The van der Waals surface area contributed by atoms with Crippen LogP contribution in [0.1, 0.15) is 130 Å². The summed E-state index contributed by atoms with van der Waals surface area (Å²) >= 11 is 0. The maximum atomic E-state index is 12.5. The van der Waals surface area contributed by atoms with E-state index in [1.807, 2.05) is 24.3 Å². The Bertz CT molecular complexity index is 1010. The third kappa shape index (κ3) is 33.1. The zero-order valence-corrected chi connectivity index (χ0v) is 31.8. The molecule has 0 saturated heterocycles. The molecule has 0 aliphatic carbocycles. The number of hydrogen-bond acceptors (Lipinski definition) is 10. The lowest BCUT2D eigenvalue weighted by Gasteiger charge is -2.20. The van der Waals surface area contributed by atoms with Crippen molar-refractivity contribution in [2.24, 2.45) is 5.92 Å². The first-order valence-corrected chi connectivity index (χ1v) is 20.1. The second-order valence-electron chi connectivity index (χ2n) is 12.9. The summed E-state index contributed by atoms with van der Waals surface area (Å²) in [6, 6.07) is 0. The van der Waals surface area contributed by atoms with Crippen LogP contribution in [0.15, 0.2) is 48.6 Å². The van der Waals surface area contributed by atoms with Crippen LogP contribution >= 0.6 is 7.82 Å². The fourth-order valence-electron chi connectivity index (χ4n) is 4.54. The molecular weight excluding hydrogens is 663 g/mol. The maximum Gasteiger partial charge on any atom is 0.472 e. The van der Waals surface area contributed by atoms with Crippen LogP contribution in [0.25, 0.3) is 0 Å². The Balaban J connectivity index is 4.55. The Morgan fingerprint density at radius 2 is 1.40 bits per heavy atom. The third-order valence-corrected chi connectivity index (χ3v) is 8.45. The van der Waals surface area contributed by atoms with Crippen LogP contribution in [0.2, 0.25) is 0 Å². The number of esters is 2. The van der Waals surface area contributed by atoms with E-state index in [9.17, 15) is 29.3 Å². The first-order chi connectivity index (χ1) is 24.0. The van der Waals surface area contributed by atoms with Crippen molar-refractivity contribution in [3.63, 3.8) is 0 Å². The summed E-state index contributed by atoms with van der Waals surface area (Å²) in [6.45, 7) is 4.35. The summed E-state index contributed by atoms with van der Waals surface area (Å²) in [5.41, 5.74) is 0. The number of carbonyl (C=O) groups excluding carboxylic acids is 2. The van der Waals surface area contributed by atoms with Gasteiger partial charge in [0.05, 0.1) is 25.9 Å². The highest BCUT2D eigenvalue weighted by molar-refractivity contribution is 7.47. The van der Waals surface area contributed by atoms with Gasteiger partial charge in [-0.25, -0.2) is 4.57 Å². The van der Waals surface area contributed by atoms with Gasteiger partial charge in [0.25, 0.3) is 0 Å². The van der Waals surface area contributed by atoms with Crippen LogP contribution in [0.5, 0.6) is 0 Å². The van der Waals surface area contributed by atoms with Crippen molar-refractivity contribution in [3.8, 4) is 0 Å². The van der Waals surface area contributed by atoms with Crippen molar-refractivity contribution < 1.29 is 52.9 Å². The number of aliphatic hydroxyl groups excluding tert-OH is 3. The molecule has 290 valence electrons. The molecule has 0 saturated carbocycles. The summed E-state index contributed by atoms with van der Waals surface area (Å²) in [5, 5.41) is 28.3. The van der Waals surface area contributed by atoms with Crippen LogP contribution in [0, 0.1) is 5.92 Å². The number of aliphatic hydroxyl groups is 3. The number of phosphoric ester groups is 1. The van der Waals surface area contributed by atoms with Crippen molar-refractivity contribution in [2.45, 2.75) is 148 Å². The van der Waals surface area contributed by atoms with Gasteiger partial charge in [-0.05, 0) is 50.9 Å². The Labute approximate surface area is 301 Å². The van der Waals surface area contributed by atoms with Gasteiger partial charge in [0.1, 0.15) is 12.7 Å². The monoisotopic (exact) mass is 730 g/mol. The molecule has 0 aliphatic rings. The molecule has 50 heavy (non-hydrogen) atoms. The molecular formula is C38H67O11P. The first kappa shape index (κ1) is 47.9. The van der Waals surface area contributed by atoms with Gasteiger partial charge >= 0.3 is 19.8 Å². The predicted molar refractivity (Wildman–Crippen MR) is 197 cm³/mol. The second-order valence-corrected chi connectivity index (χ2v) is 14.4. The standard InChI is InChI=1S/C38H67O11P/c1-4-5-6-7-8-9-10-15-20-25-34(40)26-21-16-13-18-22-27-37(42)46-31-36(32-48-50(44,45)47-30-35(41)29-39)49-38(43)28-23-17-12-11-14-19-24-33(2)3/h8-9,13,15-16,20-21,26,33-36,39-41H,4-7,10-12,14,17-19,22-25,27-32H2,1-3H3,(H,44,45)/b9-8-,16-13+,20-15-,26-21-/t34?,35-,36+/m0/s1. The fourth-order valence-corrected chi connectivity index (χ4v) is 5.33. The largest absolute Gasteiger partial charge is 0.472 e. The van der Waals surface area contributed by atoms with E-state index in [-0.39, 0.29) is 19.4 Å². The van der Waals surface area contributed by atoms with Crippen molar-refractivity contribution >= 4 is 19.8 Å². The van der Waals surface area contributed by atoms with E-state index in [1.165, 1.54) is 38.5 Å². The Hall–Kier alpha value is -2.11. The van der Waals surface area contributed by atoms with Gasteiger partial charge in [-0.1, -0.05) is 121 Å². The lowest BCUT2D eigenvalue weighted by atomic mass is 10.0. The highest BCUT2D eigenvalue weighted by Crippen LogP contribution is 2.43. The van der Waals surface area contributed by atoms with Gasteiger partial charge in [-0.2, -0.15) is 0 Å². The topological polar surface area (TPSA) is 169 Å². The molecule has 0 amide bonds. The quantitative estimate of drug-likeness (QED) is 0.0171. The van der Waals surface area contributed by atoms with Crippen molar-refractivity contribution in [1.29, 1.82) is 0 Å². The average Bonchev–Trinajstić information content (AvgIpc) is 3.08. The van der Waals surface area contributed by atoms with Crippen LogP contribution in [0.3, 0.4) is 0 Å². The van der Waals surface area contributed by atoms with Gasteiger partial charge in [-0.3, -0.25) is 18.6 Å². The third-order valence-electron chi connectivity index (χ3n) is 7.49. The molecule has 11 nitrogen and oxygen atoms in total. The van der Waals surface area contributed by atoms with E-state index < -0.39 is 57.9 Å². The normalized spacial score (nSPS) is 15.4. The number of rotatable bonds is 33. The van der Waals surface area contributed by atoms with E-state index in [0.29, 0.717) is 31.6 Å². The summed E-state index contributed by atoms with van der Waals surface area (Å²) in [6.07, 6.45) is 27.2. The zero-order valence-electron chi connectivity index (χ0n) is 30.9. The summed E-state index contributed by atoms with van der Waals surface area (Å²) in [5.74, 6) is -0.366. The summed E-state index contributed by atoms with van der Waals surface area (Å²) < 4.78 is 32.4. The number of unbranched alkanes of at least 4 members (excludes halogenated alkanes) is 9. The smallest absolute Gasteiger partial charge is 0.462 e. The maximum absolute atomic E-state index is 12.5.